The number of nitrogens with two attached hydrogens (primary N) is 1. The first-order valence-electron chi connectivity index (χ1n) is 3.45. The lowest BCUT2D eigenvalue weighted by Gasteiger charge is -2.10. The largest absolute Gasteiger partial charge is 0.574 e. The highest BCUT2D eigenvalue weighted by Crippen LogP contribution is 2.29. The highest BCUT2D eigenvalue weighted by atomic mass is 127. The quantitative estimate of drug-likeness (QED) is 0.801. The monoisotopic (exact) mass is 329 g/mol. The van der Waals surface area contributed by atoms with Gasteiger partial charge in [-0.15, -0.1) is 13.2 Å². The van der Waals surface area contributed by atoms with E-state index in [1.165, 1.54) is 22.6 Å². The number of aromatic nitrogens is 1. The van der Waals surface area contributed by atoms with Crippen LogP contribution >= 0.6 is 22.6 Å². The zero-order chi connectivity index (χ0) is 11.6. The maximum Gasteiger partial charge on any atom is 0.574 e. The second-order valence-corrected chi connectivity index (χ2v) is 3.45. The van der Waals surface area contributed by atoms with Crippen LogP contribution in [-0.2, 0) is 0 Å². The second-order valence-electron chi connectivity index (χ2n) is 2.37. The molecule has 1 rings (SSSR count). The normalized spacial score (nSPS) is 10.9. The van der Waals surface area contributed by atoms with Crippen molar-refractivity contribution in [1.82, 2.24) is 4.98 Å². The molecule has 2 N–H and O–H groups in total. The van der Waals surface area contributed by atoms with E-state index in [9.17, 15) is 13.2 Å². The molecule has 80 valence electrons. The van der Waals surface area contributed by atoms with Crippen LogP contribution in [0.25, 0.3) is 0 Å². The van der Waals surface area contributed by atoms with E-state index in [2.05, 4.69) is 9.72 Å². The molecule has 0 fully saturated rings. The molecule has 0 spiro atoms. The summed E-state index contributed by atoms with van der Waals surface area (Å²) in [5.74, 6) is -0.672. The number of pyridine rings is 1. The minimum absolute atomic E-state index is 0.0106. The Morgan fingerprint density at radius 3 is 2.60 bits per heavy atom. The van der Waals surface area contributed by atoms with Crippen LogP contribution in [0.15, 0.2) is 6.20 Å². The van der Waals surface area contributed by atoms with E-state index in [-0.39, 0.29) is 14.8 Å². The molecule has 0 saturated carbocycles. The maximum atomic E-state index is 11.9. The predicted molar refractivity (Wildman–Crippen MR) is 52.8 cm³/mol. The van der Waals surface area contributed by atoms with Crippen LogP contribution in [0, 0.1) is 14.9 Å². The van der Waals surface area contributed by atoms with Gasteiger partial charge in [0.15, 0.2) is 0 Å². The van der Waals surface area contributed by atoms with Crippen LogP contribution in [-0.4, -0.2) is 11.3 Å². The van der Waals surface area contributed by atoms with E-state index in [4.69, 9.17) is 11.0 Å². The first-order chi connectivity index (χ1) is 6.85. The van der Waals surface area contributed by atoms with E-state index >= 15 is 0 Å². The fraction of sp³-hybridized carbons (Fsp3) is 0.143. The van der Waals surface area contributed by atoms with Crippen molar-refractivity contribution in [3.05, 3.63) is 15.3 Å². The molecule has 0 aromatic carbocycles. The zero-order valence-corrected chi connectivity index (χ0v) is 9.13. The third kappa shape index (κ3) is 2.85. The van der Waals surface area contributed by atoms with Gasteiger partial charge < -0.3 is 10.5 Å². The molecule has 15 heavy (non-hydrogen) atoms. The fourth-order valence-electron chi connectivity index (χ4n) is 0.777. The van der Waals surface area contributed by atoms with Crippen LogP contribution in [0.2, 0.25) is 0 Å². The molecule has 0 unspecified atom stereocenters. The number of hydrogen-bond acceptors (Lipinski definition) is 4. The Morgan fingerprint density at radius 2 is 2.13 bits per heavy atom. The average molecular weight is 329 g/mol. The molecule has 1 aromatic heterocycles. The third-order valence-electron chi connectivity index (χ3n) is 1.34. The molecule has 0 aliphatic heterocycles. The van der Waals surface area contributed by atoms with Crippen LogP contribution < -0.4 is 10.5 Å². The Hall–Kier alpha value is -1.24. The summed E-state index contributed by atoms with van der Waals surface area (Å²) in [7, 11) is 0. The van der Waals surface area contributed by atoms with Gasteiger partial charge in [-0.25, -0.2) is 4.98 Å². The van der Waals surface area contributed by atoms with Crippen molar-refractivity contribution < 1.29 is 17.9 Å². The smallest absolute Gasteiger partial charge is 0.396 e. The van der Waals surface area contributed by atoms with Gasteiger partial charge in [0.2, 0.25) is 5.88 Å². The number of halogens is 4. The molecule has 0 atom stereocenters. The van der Waals surface area contributed by atoms with E-state index in [1.54, 1.807) is 6.07 Å². The number of nitriles is 1. The highest BCUT2D eigenvalue weighted by Gasteiger charge is 2.33. The third-order valence-corrected chi connectivity index (χ3v) is 2.34. The molecule has 0 radical (unpaired) electrons. The van der Waals surface area contributed by atoms with Gasteiger partial charge in [-0.1, -0.05) is 0 Å². The molecule has 1 heterocycles. The number of hydrogen-bond donors (Lipinski definition) is 1. The van der Waals surface area contributed by atoms with Gasteiger partial charge in [0, 0.05) is 0 Å². The van der Waals surface area contributed by atoms with Gasteiger partial charge in [0.25, 0.3) is 0 Å². The number of nitrogen functional groups attached to an aromatic ring is 1. The first-order valence-corrected chi connectivity index (χ1v) is 4.53. The average Bonchev–Trinajstić information content (AvgIpc) is 2.09. The number of nitrogens with zero attached hydrogens (tertiary/aromatic N) is 2. The minimum atomic E-state index is -4.84. The van der Waals surface area contributed by atoms with Crippen LogP contribution in [0.4, 0.5) is 18.9 Å². The standard InChI is InChI=1S/C7H3F3IN3O/c8-7(9,10)15-6-5(11)3(1-12)4(13)2-14-6/h2H,13H2. The summed E-state index contributed by atoms with van der Waals surface area (Å²) in [5.41, 5.74) is 5.27. The van der Waals surface area contributed by atoms with Gasteiger partial charge in [-0.3, -0.25) is 0 Å². The van der Waals surface area contributed by atoms with Crippen molar-refractivity contribution >= 4 is 28.3 Å². The minimum Gasteiger partial charge on any atom is -0.396 e. The van der Waals surface area contributed by atoms with Crippen molar-refractivity contribution in [1.29, 1.82) is 5.26 Å². The van der Waals surface area contributed by atoms with Crippen molar-refractivity contribution in [2.24, 2.45) is 0 Å². The summed E-state index contributed by atoms with van der Waals surface area (Å²) in [4.78, 5) is 3.35. The summed E-state index contributed by atoms with van der Waals surface area (Å²) in [6.45, 7) is 0. The van der Waals surface area contributed by atoms with Gasteiger partial charge in [-0.2, -0.15) is 5.26 Å². The van der Waals surface area contributed by atoms with E-state index in [0.29, 0.717) is 0 Å². The van der Waals surface area contributed by atoms with Crippen LogP contribution in [0.3, 0.4) is 0 Å². The SMILES string of the molecule is N#Cc1c(N)cnc(OC(F)(F)F)c1I. The zero-order valence-electron chi connectivity index (χ0n) is 6.97. The number of rotatable bonds is 1. The lowest BCUT2D eigenvalue weighted by Crippen LogP contribution is -2.19. The summed E-state index contributed by atoms with van der Waals surface area (Å²) in [5, 5.41) is 8.62. The van der Waals surface area contributed by atoms with Crippen molar-refractivity contribution in [2.75, 3.05) is 5.73 Å². The Morgan fingerprint density at radius 1 is 1.53 bits per heavy atom. The van der Waals surface area contributed by atoms with E-state index in [1.807, 2.05) is 0 Å². The molecule has 0 bridgehead atoms. The van der Waals surface area contributed by atoms with Gasteiger partial charge in [0.1, 0.15) is 6.07 Å². The summed E-state index contributed by atoms with van der Waals surface area (Å²) in [6.07, 6.45) is -3.89. The fourth-order valence-corrected chi connectivity index (χ4v) is 1.46. The molecule has 0 aliphatic rings. The van der Waals surface area contributed by atoms with E-state index in [0.717, 1.165) is 6.20 Å². The van der Waals surface area contributed by atoms with Crippen molar-refractivity contribution in [3.63, 3.8) is 0 Å². The van der Waals surface area contributed by atoms with Crippen molar-refractivity contribution in [2.45, 2.75) is 6.36 Å². The molecule has 0 saturated heterocycles. The van der Waals surface area contributed by atoms with Crippen LogP contribution in [0.5, 0.6) is 5.88 Å². The lowest BCUT2D eigenvalue weighted by molar-refractivity contribution is -0.276. The molecule has 0 aliphatic carbocycles. The summed E-state index contributed by atoms with van der Waals surface area (Å²) in [6, 6.07) is 1.67. The highest BCUT2D eigenvalue weighted by molar-refractivity contribution is 14.1. The topological polar surface area (TPSA) is 71.9 Å². The summed E-state index contributed by atoms with van der Waals surface area (Å²) < 4.78 is 39.2. The molecule has 8 heteroatoms. The number of anilines is 1. The first kappa shape index (κ1) is 11.8. The molecule has 4 nitrogen and oxygen atoms in total. The van der Waals surface area contributed by atoms with Gasteiger partial charge in [-0.05, 0) is 22.6 Å². The molecule has 1 aromatic rings. The number of alkyl halides is 3. The molecular formula is C7H3F3IN3O. The Labute approximate surface area is 96.0 Å². The van der Waals surface area contributed by atoms with Gasteiger partial charge >= 0.3 is 6.36 Å². The Bertz CT molecular complexity index is 427. The predicted octanol–water partition coefficient (Wildman–Crippen LogP) is 2.04. The van der Waals surface area contributed by atoms with E-state index < -0.39 is 12.2 Å². The molecular weight excluding hydrogens is 326 g/mol. The molecule has 0 amide bonds. The number of ether oxygens (including phenoxy) is 1. The summed E-state index contributed by atoms with van der Waals surface area (Å²) >= 11 is 1.52. The second kappa shape index (κ2) is 4.09. The van der Waals surface area contributed by atoms with Crippen LogP contribution in [0.1, 0.15) is 5.56 Å². The lowest BCUT2D eigenvalue weighted by atomic mass is 10.2. The Balaban J connectivity index is 3.18. The maximum absolute atomic E-state index is 11.9. The van der Waals surface area contributed by atoms with Gasteiger partial charge in [0.05, 0.1) is 21.0 Å². The van der Waals surface area contributed by atoms with Crippen molar-refractivity contribution in [3.8, 4) is 11.9 Å². The Kier molecular flexibility index (Phi) is 3.23.